The summed E-state index contributed by atoms with van der Waals surface area (Å²) in [7, 11) is 0. The monoisotopic (exact) mass is 241 g/mol. The maximum absolute atomic E-state index is 12.9. The third kappa shape index (κ3) is 3.32. The molecule has 0 spiro atoms. The van der Waals surface area contributed by atoms with Crippen LogP contribution in [-0.2, 0) is 0 Å². The Bertz CT molecular complexity index is 431. The number of nitrogens with zero attached hydrogens (tertiary/aromatic N) is 1. The molecule has 0 bridgehead atoms. The molecule has 2 rings (SSSR count). The van der Waals surface area contributed by atoms with Crippen molar-refractivity contribution in [3.8, 4) is 0 Å². The number of halogens is 3. The van der Waals surface area contributed by atoms with Gasteiger partial charge in [-0.3, -0.25) is 4.98 Å². The molecule has 1 aromatic heterocycles. The van der Waals surface area contributed by atoms with Crippen molar-refractivity contribution in [3.63, 3.8) is 0 Å². The summed E-state index contributed by atoms with van der Waals surface area (Å²) in [6, 6.07) is 2.89. The summed E-state index contributed by atoms with van der Waals surface area (Å²) >= 11 is 0. The van der Waals surface area contributed by atoms with Crippen LogP contribution in [0, 0.1) is 12.8 Å². The highest BCUT2D eigenvalue weighted by Gasteiger charge is 2.35. The summed E-state index contributed by atoms with van der Waals surface area (Å²) in [5.74, 6) is 0.454. The van der Waals surface area contributed by atoms with Gasteiger partial charge in [0.2, 0.25) is 0 Å². The Kier molecular flexibility index (Phi) is 3.22. The molecule has 17 heavy (non-hydrogen) atoms. The molecule has 1 nitrogen and oxygen atoms in total. The fourth-order valence-electron chi connectivity index (χ4n) is 1.75. The van der Waals surface area contributed by atoms with E-state index in [1.165, 1.54) is 24.4 Å². The average Bonchev–Trinajstić information content (AvgIpc) is 3.00. The molecule has 0 saturated heterocycles. The van der Waals surface area contributed by atoms with Crippen molar-refractivity contribution >= 4 is 5.57 Å². The SMILES string of the molecule is Cc1cc(/C(=C/CC2CC2)C(F)(F)F)ccn1. The molecule has 1 aliphatic rings. The molecule has 0 aromatic carbocycles. The Labute approximate surface area is 98.4 Å². The lowest BCUT2D eigenvalue weighted by atomic mass is 10.0. The third-order valence-corrected chi connectivity index (χ3v) is 2.87. The van der Waals surface area contributed by atoms with Gasteiger partial charge >= 0.3 is 6.18 Å². The summed E-state index contributed by atoms with van der Waals surface area (Å²) < 4.78 is 38.8. The maximum atomic E-state index is 12.9. The van der Waals surface area contributed by atoms with Crippen LogP contribution >= 0.6 is 0 Å². The van der Waals surface area contributed by atoms with Crippen LogP contribution in [0.25, 0.3) is 5.57 Å². The van der Waals surface area contributed by atoms with Gasteiger partial charge in [-0.2, -0.15) is 13.2 Å². The number of pyridine rings is 1. The molecule has 1 heterocycles. The van der Waals surface area contributed by atoms with E-state index < -0.39 is 11.7 Å². The zero-order valence-electron chi connectivity index (χ0n) is 9.59. The quantitative estimate of drug-likeness (QED) is 0.775. The molecule has 0 unspecified atom stereocenters. The van der Waals surface area contributed by atoms with Gasteiger partial charge in [0.25, 0.3) is 0 Å². The lowest BCUT2D eigenvalue weighted by molar-refractivity contribution is -0.0690. The zero-order chi connectivity index (χ0) is 12.5. The molecule has 1 fully saturated rings. The standard InChI is InChI=1S/C13H14F3N/c1-9-8-11(6-7-17-9)12(13(14,15)16)5-4-10-2-3-10/h5-8,10H,2-4H2,1H3/b12-5-. The fraction of sp³-hybridized carbons (Fsp3) is 0.462. The summed E-state index contributed by atoms with van der Waals surface area (Å²) in [4.78, 5) is 3.92. The molecular formula is C13H14F3N. The van der Waals surface area contributed by atoms with Crippen LogP contribution in [0.15, 0.2) is 24.4 Å². The number of allylic oxidation sites excluding steroid dienone is 2. The number of rotatable bonds is 3. The Balaban J connectivity index is 2.28. The van der Waals surface area contributed by atoms with Gasteiger partial charge in [-0.1, -0.05) is 6.08 Å². The molecule has 0 aliphatic heterocycles. The van der Waals surface area contributed by atoms with Crippen molar-refractivity contribution < 1.29 is 13.2 Å². The van der Waals surface area contributed by atoms with Crippen LogP contribution < -0.4 is 0 Å². The van der Waals surface area contributed by atoms with Gasteiger partial charge in [-0.05, 0) is 49.8 Å². The van der Waals surface area contributed by atoms with E-state index in [9.17, 15) is 13.2 Å². The van der Waals surface area contributed by atoms with E-state index in [1.54, 1.807) is 6.92 Å². The molecule has 4 heteroatoms. The summed E-state index contributed by atoms with van der Waals surface area (Å²) in [6.07, 6.45) is 1.08. The highest BCUT2D eigenvalue weighted by atomic mass is 19.4. The predicted molar refractivity (Wildman–Crippen MR) is 60.3 cm³/mol. The molecule has 92 valence electrons. The minimum atomic E-state index is -4.29. The second-order valence-electron chi connectivity index (χ2n) is 4.48. The second-order valence-corrected chi connectivity index (χ2v) is 4.48. The van der Waals surface area contributed by atoms with Gasteiger partial charge in [0.1, 0.15) is 0 Å². The molecule has 0 atom stereocenters. The van der Waals surface area contributed by atoms with Crippen LogP contribution in [-0.4, -0.2) is 11.2 Å². The number of aromatic nitrogens is 1. The fourth-order valence-corrected chi connectivity index (χ4v) is 1.75. The van der Waals surface area contributed by atoms with E-state index in [4.69, 9.17) is 0 Å². The Morgan fingerprint density at radius 3 is 2.71 bits per heavy atom. The van der Waals surface area contributed by atoms with Crippen molar-refractivity contribution in [1.29, 1.82) is 0 Å². The Morgan fingerprint density at radius 2 is 2.18 bits per heavy atom. The predicted octanol–water partition coefficient (Wildman–Crippen LogP) is 4.14. The van der Waals surface area contributed by atoms with Gasteiger partial charge < -0.3 is 0 Å². The van der Waals surface area contributed by atoms with Gasteiger partial charge in [0.05, 0.1) is 5.57 Å². The maximum Gasteiger partial charge on any atom is 0.416 e. The topological polar surface area (TPSA) is 12.9 Å². The Morgan fingerprint density at radius 1 is 1.47 bits per heavy atom. The van der Waals surface area contributed by atoms with Crippen molar-refractivity contribution in [3.05, 3.63) is 35.7 Å². The number of hydrogen-bond donors (Lipinski definition) is 0. The number of aryl methyl sites for hydroxylation is 1. The van der Waals surface area contributed by atoms with Crippen molar-refractivity contribution in [1.82, 2.24) is 4.98 Å². The first-order valence-corrected chi connectivity index (χ1v) is 5.67. The van der Waals surface area contributed by atoms with E-state index in [1.807, 2.05) is 0 Å². The zero-order valence-corrected chi connectivity index (χ0v) is 9.59. The number of hydrogen-bond acceptors (Lipinski definition) is 1. The first-order valence-electron chi connectivity index (χ1n) is 5.67. The molecule has 0 N–H and O–H groups in total. The lowest BCUT2D eigenvalue weighted by Gasteiger charge is -2.12. The minimum Gasteiger partial charge on any atom is -0.262 e. The largest absolute Gasteiger partial charge is 0.416 e. The summed E-state index contributed by atoms with van der Waals surface area (Å²) in [6.45, 7) is 1.69. The molecular weight excluding hydrogens is 227 g/mol. The highest BCUT2D eigenvalue weighted by Crippen LogP contribution is 2.38. The lowest BCUT2D eigenvalue weighted by Crippen LogP contribution is -2.11. The average molecular weight is 241 g/mol. The Hall–Kier alpha value is -1.32. The molecule has 1 saturated carbocycles. The van der Waals surface area contributed by atoms with Crippen molar-refractivity contribution in [2.75, 3.05) is 0 Å². The summed E-state index contributed by atoms with van der Waals surface area (Å²) in [5.41, 5.74) is 0.282. The van der Waals surface area contributed by atoms with Crippen LogP contribution in [0.5, 0.6) is 0 Å². The molecule has 1 aliphatic carbocycles. The van der Waals surface area contributed by atoms with E-state index in [2.05, 4.69) is 4.98 Å². The van der Waals surface area contributed by atoms with Crippen molar-refractivity contribution in [2.24, 2.45) is 5.92 Å². The van der Waals surface area contributed by atoms with E-state index >= 15 is 0 Å². The number of alkyl halides is 3. The van der Waals surface area contributed by atoms with E-state index in [-0.39, 0.29) is 5.56 Å². The van der Waals surface area contributed by atoms with Crippen LogP contribution in [0.3, 0.4) is 0 Å². The highest BCUT2D eigenvalue weighted by molar-refractivity contribution is 5.69. The first-order chi connectivity index (χ1) is 7.97. The second kappa shape index (κ2) is 4.51. The minimum absolute atomic E-state index is 0.214. The normalized spacial score (nSPS) is 17.3. The van der Waals surface area contributed by atoms with E-state index in [0.29, 0.717) is 18.0 Å². The van der Waals surface area contributed by atoms with Crippen LogP contribution in [0.4, 0.5) is 13.2 Å². The molecule has 0 radical (unpaired) electrons. The van der Waals surface area contributed by atoms with Crippen LogP contribution in [0.1, 0.15) is 30.5 Å². The molecule has 0 amide bonds. The van der Waals surface area contributed by atoms with Crippen molar-refractivity contribution in [2.45, 2.75) is 32.4 Å². The van der Waals surface area contributed by atoms with E-state index in [0.717, 1.165) is 12.8 Å². The van der Waals surface area contributed by atoms with Crippen LogP contribution in [0.2, 0.25) is 0 Å². The van der Waals surface area contributed by atoms with Gasteiger partial charge in [-0.25, -0.2) is 0 Å². The van der Waals surface area contributed by atoms with Gasteiger partial charge in [0, 0.05) is 11.9 Å². The third-order valence-electron chi connectivity index (χ3n) is 2.87. The van der Waals surface area contributed by atoms with Gasteiger partial charge in [0.15, 0.2) is 0 Å². The molecule has 1 aromatic rings. The smallest absolute Gasteiger partial charge is 0.262 e. The first kappa shape index (κ1) is 12.1. The van der Waals surface area contributed by atoms with Gasteiger partial charge in [-0.15, -0.1) is 0 Å². The summed E-state index contributed by atoms with van der Waals surface area (Å²) in [5, 5.41) is 0.